The highest BCUT2D eigenvalue weighted by atomic mass is 16.6. The van der Waals surface area contributed by atoms with Crippen LogP contribution in [0.25, 0.3) is 0 Å². The monoisotopic (exact) mass is 446 g/mol. The Morgan fingerprint density at radius 2 is 2.12 bits per heavy atom. The van der Waals surface area contributed by atoms with Crippen molar-refractivity contribution in [3.05, 3.63) is 69.6 Å². The van der Waals surface area contributed by atoms with Crippen LogP contribution in [0.3, 0.4) is 0 Å². The van der Waals surface area contributed by atoms with Crippen molar-refractivity contribution in [2.45, 2.75) is 49.4 Å². The quantitative estimate of drug-likeness (QED) is 0.493. The number of allylic oxidation sites excluding steroid dienone is 1. The SMILES string of the molecule is C/C=C1/CN2CC[C@@]34Cc5c(occc5=O)O[C@@]35[C@@H]2C[C@@H]1C(C(=O)OC)N5c1ccccc14. The average Bonchev–Trinajstić information content (AvgIpc) is 3.09. The molecular weight excluding hydrogens is 420 g/mol. The van der Waals surface area contributed by atoms with Gasteiger partial charge < -0.3 is 18.8 Å². The van der Waals surface area contributed by atoms with Crippen molar-refractivity contribution in [2.75, 3.05) is 25.1 Å². The molecule has 170 valence electrons. The molecule has 3 fully saturated rings. The van der Waals surface area contributed by atoms with Crippen LogP contribution in [0.1, 0.15) is 30.9 Å². The largest absolute Gasteiger partial charge is 0.467 e. The first kappa shape index (κ1) is 19.4. The van der Waals surface area contributed by atoms with Crippen LogP contribution in [0.5, 0.6) is 5.95 Å². The van der Waals surface area contributed by atoms with Crippen molar-refractivity contribution in [2.24, 2.45) is 5.92 Å². The minimum absolute atomic E-state index is 0.0454. The van der Waals surface area contributed by atoms with E-state index in [0.717, 1.165) is 37.2 Å². The van der Waals surface area contributed by atoms with Crippen LogP contribution in [0.2, 0.25) is 0 Å². The van der Waals surface area contributed by atoms with Gasteiger partial charge in [0.05, 0.1) is 30.4 Å². The number of esters is 1. The van der Waals surface area contributed by atoms with Gasteiger partial charge in [-0.05, 0) is 37.8 Å². The molecule has 0 saturated carbocycles. The number of carbonyl (C=O) groups excluding carboxylic acids is 1. The third kappa shape index (κ3) is 2.06. The first-order valence-corrected chi connectivity index (χ1v) is 11.7. The zero-order chi connectivity index (χ0) is 22.5. The Hall–Kier alpha value is -3.06. The summed E-state index contributed by atoms with van der Waals surface area (Å²) in [6.45, 7) is 3.79. The highest BCUT2D eigenvalue weighted by molar-refractivity contribution is 5.86. The van der Waals surface area contributed by atoms with Crippen LogP contribution in [0.15, 0.2) is 57.5 Å². The van der Waals surface area contributed by atoms with Gasteiger partial charge in [-0.3, -0.25) is 9.69 Å². The lowest BCUT2D eigenvalue weighted by Gasteiger charge is -2.67. The number of para-hydroxylation sites is 1. The number of hydrogen-bond acceptors (Lipinski definition) is 7. The summed E-state index contributed by atoms with van der Waals surface area (Å²) >= 11 is 0. The van der Waals surface area contributed by atoms with Crippen molar-refractivity contribution in [1.82, 2.24) is 4.90 Å². The molecule has 2 bridgehead atoms. The molecule has 5 aliphatic heterocycles. The number of anilines is 1. The summed E-state index contributed by atoms with van der Waals surface area (Å²) in [4.78, 5) is 31.0. The molecule has 3 saturated heterocycles. The Balaban J connectivity index is 1.57. The third-order valence-corrected chi connectivity index (χ3v) is 8.92. The van der Waals surface area contributed by atoms with Crippen LogP contribution in [0.4, 0.5) is 5.69 Å². The van der Waals surface area contributed by atoms with Crippen LogP contribution in [-0.2, 0) is 21.4 Å². The molecule has 7 nitrogen and oxygen atoms in total. The number of nitrogens with zero attached hydrogens (tertiary/aromatic N) is 2. The first-order valence-electron chi connectivity index (χ1n) is 11.7. The lowest BCUT2D eigenvalue weighted by atomic mass is 9.57. The highest BCUT2D eigenvalue weighted by Crippen LogP contribution is 2.66. The molecule has 0 amide bonds. The van der Waals surface area contributed by atoms with Gasteiger partial charge in [-0.15, -0.1) is 0 Å². The van der Waals surface area contributed by atoms with Crippen LogP contribution < -0.4 is 15.1 Å². The van der Waals surface area contributed by atoms with Crippen LogP contribution in [-0.4, -0.2) is 48.9 Å². The zero-order valence-corrected chi connectivity index (χ0v) is 18.7. The van der Waals surface area contributed by atoms with E-state index in [1.165, 1.54) is 25.0 Å². The standard InChI is InChI=1S/C26H26N2O5/c1-3-15-14-27-10-9-25-13-17-20(29)8-11-32-24(17)33-26(25)21(27)12-16(15)22(23(30)31-2)28(26)19-7-5-4-6-18(19)25/h3-8,11,16,21-22H,9-10,12-14H2,1-2H3/b15-3-/t16-,21-,22?,25-,26-/m0/s1. The molecule has 1 aromatic carbocycles. The molecule has 5 aliphatic rings. The van der Waals surface area contributed by atoms with E-state index in [1.54, 1.807) is 0 Å². The average molecular weight is 447 g/mol. The van der Waals surface area contributed by atoms with Gasteiger partial charge in [0.25, 0.3) is 5.95 Å². The summed E-state index contributed by atoms with van der Waals surface area (Å²) in [5.41, 5.74) is 2.68. The second-order valence-electron chi connectivity index (χ2n) is 9.91. The number of benzene rings is 1. The summed E-state index contributed by atoms with van der Waals surface area (Å²) in [6, 6.07) is 9.33. The van der Waals surface area contributed by atoms with Crippen molar-refractivity contribution in [1.29, 1.82) is 0 Å². The van der Waals surface area contributed by atoms with E-state index in [-0.39, 0.29) is 29.3 Å². The topological polar surface area (TPSA) is 72.2 Å². The van der Waals surface area contributed by atoms with Crippen molar-refractivity contribution in [3.8, 4) is 5.95 Å². The van der Waals surface area contributed by atoms with Gasteiger partial charge in [0.2, 0.25) is 5.72 Å². The van der Waals surface area contributed by atoms with Gasteiger partial charge in [0.1, 0.15) is 6.04 Å². The number of piperidine rings is 3. The molecule has 7 heteroatoms. The summed E-state index contributed by atoms with van der Waals surface area (Å²) < 4.78 is 18.1. The Kier molecular flexibility index (Phi) is 3.70. The molecule has 1 spiro atoms. The molecule has 1 unspecified atom stereocenters. The number of ether oxygens (including phenoxy) is 2. The van der Waals surface area contributed by atoms with Crippen molar-refractivity contribution in [3.63, 3.8) is 0 Å². The third-order valence-electron chi connectivity index (χ3n) is 8.92. The van der Waals surface area contributed by atoms with E-state index < -0.39 is 17.2 Å². The van der Waals surface area contributed by atoms with Crippen molar-refractivity contribution < 1.29 is 18.7 Å². The Bertz CT molecular complexity index is 1280. The van der Waals surface area contributed by atoms with Gasteiger partial charge in [-0.1, -0.05) is 29.8 Å². The molecule has 6 heterocycles. The van der Waals surface area contributed by atoms with Crippen LogP contribution in [0, 0.1) is 5.92 Å². The van der Waals surface area contributed by atoms with E-state index >= 15 is 0 Å². The first-order chi connectivity index (χ1) is 16.1. The second kappa shape index (κ2) is 6.29. The normalized spacial score (nSPS) is 36.5. The highest BCUT2D eigenvalue weighted by Gasteiger charge is 2.77. The van der Waals surface area contributed by atoms with E-state index in [9.17, 15) is 9.59 Å². The van der Waals surface area contributed by atoms with Crippen LogP contribution >= 0.6 is 0 Å². The molecular formula is C26H26N2O5. The molecule has 0 N–H and O–H groups in total. The fourth-order valence-corrected chi connectivity index (χ4v) is 7.67. The summed E-state index contributed by atoms with van der Waals surface area (Å²) in [5, 5.41) is 0. The number of carbonyl (C=O) groups is 1. The fraction of sp³-hybridized carbons (Fsp3) is 0.462. The van der Waals surface area contributed by atoms with E-state index in [1.807, 2.05) is 12.1 Å². The van der Waals surface area contributed by atoms with E-state index in [4.69, 9.17) is 13.9 Å². The zero-order valence-electron chi connectivity index (χ0n) is 18.7. The molecule has 2 aromatic rings. The number of fused-ring (bicyclic) bond motifs is 4. The predicted molar refractivity (Wildman–Crippen MR) is 120 cm³/mol. The fourth-order valence-electron chi connectivity index (χ4n) is 7.67. The maximum absolute atomic E-state index is 13.4. The van der Waals surface area contributed by atoms with E-state index in [2.05, 4.69) is 34.9 Å². The Labute approximate surface area is 191 Å². The maximum atomic E-state index is 13.4. The summed E-state index contributed by atoms with van der Waals surface area (Å²) in [5.74, 6) is 0.0847. The number of methoxy groups -OCH3 is 1. The lowest BCUT2D eigenvalue weighted by molar-refractivity contribution is -0.175. The second-order valence-corrected chi connectivity index (χ2v) is 9.91. The molecule has 0 aliphatic carbocycles. The smallest absolute Gasteiger partial charge is 0.329 e. The molecule has 1 aromatic heterocycles. The minimum atomic E-state index is -0.839. The summed E-state index contributed by atoms with van der Waals surface area (Å²) in [6.07, 6.45) is 5.74. The van der Waals surface area contributed by atoms with E-state index in [0.29, 0.717) is 12.0 Å². The Morgan fingerprint density at radius 3 is 2.94 bits per heavy atom. The predicted octanol–water partition coefficient (Wildman–Crippen LogP) is 2.62. The lowest BCUT2D eigenvalue weighted by Crippen LogP contribution is -2.83. The molecule has 0 radical (unpaired) electrons. The van der Waals surface area contributed by atoms with Gasteiger partial charge >= 0.3 is 5.97 Å². The van der Waals surface area contributed by atoms with Crippen molar-refractivity contribution >= 4 is 11.7 Å². The Morgan fingerprint density at radius 1 is 1.27 bits per heavy atom. The van der Waals surface area contributed by atoms with Gasteiger partial charge in [0, 0.05) is 30.8 Å². The van der Waals surface area contributed by atoms with Gasteiger partial charge in [-0.25, -0.2) is 4.79 Å². The minimum Gasteiger partial charge on any atom is -0.467 e. The maximum Gasteiger partial charge on any atom is 0.329 e. The number of rotatable bonds is 1. The number of hydrogen-bond donors (Lipinski definition) is 0. The van der Waals surface area contributed by atoms with Gasteiger partial charge in [0.15, 0.2) is 5.43 Å². The molecule has 33 heavy (non-hydrogen) atoms. The molecule has 5 atom stereocenters. The summed E-state index contributed by atoms with van der Waals surface area (Å²) in [7, 11) is 1.46. The van der Waals surface area contributed by atoms with Gasteiger partial charge in [-0.2, -0.15) is 0 Å². The molecule has 7 rings (SSSR count).